The molecule has 4 aromatic carbocycles. The molecule has 1 N–H and O–H groups in total. The van der Waals surface area contributed by atoms with Crippen LogP contribution in [0.2, 0.25) is 0 Å². The van der Waals surface area contributed by atoms with E-state index in [2.05, 4.69) is 90.1 Å². The summed E-state index contributed by atoms with van der Waals surface area (Å²) < 4.78 is 8.62. The Morgan fingerprint density at radius 3 is 2.44 bits per heavy atom. The highest BCUT2D eigenvalue weighted by atomic mass is 127. The first-order valence-electron chi connectivity index (χ1n) is 10.2. The zero-order valence-electron chi connectivity index (χ0n) is 17.7. The fourth-order valence-corrected chi connectivity index (χ4v) is 5.36. The molecule has 4 aromatic rings. The van der Waals surface area contributed by atoms with Crippen molar-refractivity contribution in [2.75, 3.05) is 5.32 Å². The Bertz CT molecular complexity index is 1420. The molecule has 0 aliphatic rings. The highest BCUT2D eigenvalue weighted by molar-refractivity contribution is 14.1. The monoisotopic (exact) mass is 686 g/mol. The van der Waals surface area contributed by atoms with Crippen molar-refractivity contribution < 1.29 is 9.53 Å². The van der Waals surface area contributed by atoms with Crippen LogP contribution in [0.1, 0.15) is 11.1 Å². The smallest absolute Gasteiger partial charge is 0.266 e. The van der Waals surface area contributed by atoms with Crippen molar-refractivity contribution in [1.29, 1.82) is 5.26 Å². The second kappa shape index (κ2) is 11.2. The predicted molar refractivity (Wildman–Crippen MR) is 152 cm³/mol. The van der Waals surface area contributed by atoms with Gasteiger partial charge in [0.2, 0.25) is 0 Å². The third-order valence-corrected chi connectivity index (χ3v) is 6.91. The zero-order chi connectivity index (χ0) is 24.1. The third-order valence-electron chi connectivity index (χ3n) is 5.00. The number of nitrogens with one attached hydrogen (secondary N) is 1. The Balaban J connectivity index is 1.50. The lowest BCUT2D eigenvalue weighted by Gasteiger charge is -2.12. The van der Waals surface area contributed by atoms with Gasteiger partial charge in [-0.2, -0.15) is 5.26 Å². The number of rotatable bonds is 6. The number of hydrogen-bond acceptors (Lipinski definition) is 3. The molecule has 4 rings (SSSR count). The molecule has 0 aromatic heterocycles. The van der Waals surface area contributed by atoms with Crippen LogP contribution in [-0.4, -0.2) is 5.91 Å². The molecule has 0 spiro atoms. The number of anilines is 1. The normalized spacial score (nSPS) is 11.2. The van der Waals surface area contributed by atoms with Crippen molar-refractivity contribution in [2.24, 2.45) is 0 Å². The van der Waals surface area contributed by atoms with Crippen molar-refractivity contribution in [1.82, 2.24) is 0 Å². The van der Waals surface area contributed by atoms with Gasteiger partial charge in [0, 0.05) is 10.2 Å². The topological polar surface area (TPSA) is 62.1 Å². The molecule has 168 valence electrons. The number of fused-ring (bicyclic) bond motifs is 1. The predicted octanol–water partition coefficient (Wildman–Crippen LogP) is 8.09. The minimum Gasteiger partial charge on any atom is -0.487 e. The van der Waals surface area contributed by atoms with Crippen molar-refractivity contribution in [3.8, 4) is 11.8 Å². The van der Waals surface area contributed by atoms with Crippen molar-refractivity contribution >= 4 is 82.9 Å². The summed E-state index contributed by atoms with van der Waals surface area (Å²) in [5.74, 6) is 0.247. The Hall–Kier alpha value is -2.67. The molecular weight excluding hydrogens is 671 g/mol. The van der Waals surface area contributed by atoms with Crippen molar-refractivity contribution in [2.45, 2.75) is 6.61 Å². The standard InChI is InChI=1S/C27H17Br2IN2O2/c28-22-7-9-23(10-8-22)32-27(33)21(15-31)12-18-13-24(29)26(25(30)14-18)34-16-17-5-6-19-3-1-2-4-20(19)11-17/h1-14H,16H2,(H,32,33)/b21-12-. The van der Waals surface area contributed by atoms with Crippen molar-refractivity contribution in [3.05, 3.63) is 108 Å². The Morgan fingerprint density at radius 2 is 1.74 bits per heavy atom. The van der Waals surface area contributed by atoms with Crippen LogP contribution < -0.4 is 10.1 Å². The molecule has 0 saturated heterocycles. The number of hydrogen-bond donors (Lipinski definition) is 1. The third kappa shape index (κ3) is 6.06. The van der Waals surface area contributed by atoms with Crippen molar-refractivity contribution in [3.63, 3.8) is 0 Å². The van der Waals surface area contributed by atoms with Crippen LogP contribution in [0.3, 0.4) is 0 Å². The minimum atomic E-state index is -0.465. The average molecular weight is 688 g/mol. The summed E-state index contributed by atoms with van der Waals surface area (Å²) in [6.07, 6.45) is 1.56. The largest absolute Gasteiger partial charge is 0.487 e. The molecule has 0 fully saturated rings. The highest BCUT2D eigenvalue weighted by Crippen LogP contribution is 2.33. The first-order chi connectivity index (χ1) is 16.4. The number of amides is 1. The molecule has 0 unspecified atom stereocenters. The fourth-order valence-electron chi connectivity index (χ4n) is 3.33. The van der Waals surface area contributed by atoms with Crippen LogP contribution in [0.15, 0.2) is 93.4 Å². The number of carbonyl (C=O) groups is 1. The molecule has 0 saturated carbocycles. The lowest BCUT2D eigenvalue weighted by atomic mass is 10.1. The van der Waals surface area contributed by atoms with E-state index in [1.54, 1.807) is 18.2 Å². The number of halogens is 3. The van der Waals surface area contributed by atoms with E-state index in [9.17, 15) is 10.1 Å². The number of benzene rings is 4. The van der Waals surface area contributed by atoms with Gasteiger partial charge in [0.25, 0.3) is 5.91 Å². The first-order valence-corrected chi connectivity index (χ1v) is 12.9. The minimum absolute atomic E-state index is 0.00968. The van der Waals surface area contributed by atoms with Gasteiger partial charge in [0.1, 0.15) is 24.0 Å². The summed E-state index contributed by atoms with van der Waals surface area (Å²) in [7, 11) is 0. The van der Waals surface area contributed by atoms with E-state index in [-0.39, 0.29) is 5.57 Å². The van der Waals surface area contributed by atoms with Gasteiger partial charge >= 0.3 is 0 Å². The van der Waals surface area contributed by atoms with Crippen LogP contribution in [0.25, 0.3) is 16.8 Å². The molecule has 0 atom stereocenters. The van der Waals surface area contributed by atoms with E-state index in [4.69, 9.17) is 4.74 Å². The molecule has 1 amide bonds. The van der Waals surface area contributed by atoms with Crippen LogP contribution in [0, 0.1) is 14.9 Å². The molecule has 0 aliphatic carbocycles. The SMILES string of the molecule is N#C/C(=C/c1cc(Br)c(OCc2ccc3ccccc3c2)c(I)c1)C(=O)Nc1ccc(Br)cc1. The van der Waals surface area contributed by atoms with Crippen LogP contribution in [0.5, 0.6) is 5.75 Å². The second-order valence-corrected chi connectivity index (χ2v) is 10.3. The van der Waals surface area contributed by atoms with Gasteiger partial charge in [0.15, 0.2) is 0 Å². The van der Waals surface area contributed by atoms with Gasteiger partial charge in [-0.3, -0.25) is 4.79 Å². The van der Waals surface area contributed by atoms with E-state index in [0.717, 1.165) is 23.6 Å². The molecule has 0 aliphatic heterocycles. The van der Waals surface area contributed by atoms with Gasteiger partial charge in [-0.15, -0.1) is 0 Å². The van der Waals surface area contributed by atoms with E-state index in [0.29, 0.717) is 18.0 Å². The Labute approximate surface area is 228 Å². The number of nitrogens with zero attached hydrogens (tertiary/aromatic N) is 1. The summed E-state index contributed by atoms with van der Waals surface area (Å²) in [6.45, 7) is 0.424. The molecular formula is C27H17Br2IN2O2. The average Bonchev–Trinajstić information content (AvgIpc) is 2.83. The summed E-state index contributed by atoms with van der Waals surface area (Å²) in [5, 5.41) is 14.6. The van der Waals surface area contributed by atoms with E-state index >= 15 is 0 Å². The first kappa shape index (κ1) is 24.5. The lowest BCUT2D eigenvalue weighted by molar-refractivity contribution is -0.112. The summed E-state index contributed by atoms with van der Waals surface area (Å²) >= 11 is 9.13. The fraction of sp³-hybridized carbons (Fsp3) is 0.0370. The lowest BCUT2D eigenvalue weighted by Crippen LogP contribution is -2.13. The maximum atomic E-state index is 12.6. The van der Waals surface area contributed by atoms with Gasteiger partial charge in [-0.25, -0.2) is 0 Å². The maximum Gasteiger partial charge on any atom is 0.266 e. The Morgan fingerprint density at radius 1 is 1.00 bits per heavy atom. The zero-order valence-corrected chi connectivity index (χ0v) is 23.0. The molecule has 0 bridgehead atoms. The van der Waals surface area contributed by atoms with Crippen LogP contribution in [0.4, 0.5) is 5.69 Å². The summed E-state index contributed by atoms with van der Waals surface area (Å²) in [4.78, 5) is 12.6. The molecule has 0 heterocycles. The molecule has 4 nitrogen and oxygen atoms in total. The number of carbonyl (C=O) groups excluding carboxylic acids is 1. The second-order valence-electron chi connectivity index (χ2n) is 7.41. The highest BCUT2D eigenvalue weighted by Gasteiger charge is 2.13. The number of nitriles is 1. The molecule has 7 heteroatoms. The van der Waals surface area contributed by atoms with E-state index in [1.807, 2.05) is 42.5 Å². The summed E-state index contributed by atoms with van der Waals surface area (Å²) in [5.41, 5.74) is 2.41. The van der Waals surface area contributed by atoms with Gasteiger partial charge in [0.05, 0.1) is 8.04 Å². The van der Waals surface area contributed by atoms with E-state index < -0.39 is 5.91 Å². The quantitative estimate of drug-likeness (QED) is 0.127. The van der Waals surface area contributed by atoms with E-state index in [1.165, 1.54) is 10.8 Å². The Kier molecular flexibility index (Phi) is 8.03. The number of ether oxygens (including phenoxy) is 1. The van der Waals surface area contributed by atoms with Gasteiger partial charge in [-0.05, 0) is 109 Å². The maximum absolute atomic E-state index is 12.6. The van der Waals surface area contributed by atoms with Crippen LogP contribution >= 0.6 is 54.5 Å². The molecule has 34 heavy (non-hydrogen) atoms. The van der Waals surface area contributed by atoms with Gasteiger partial charge < -0.3 is 10.1 Å². The van der Waals surface area contributed by atoms with Gasteiger partial charge in [-0.1, -0.05) is 52.3 Å². The van der Waals surface area contributed by atoms with Crippen LogP contribution in [-0.2, 0) is 11.4 Å². The molecule has 0 radical (unpaired) electrons. The summed E-state index contributed by atoms with van der Waals surface area (Å²) in [6, 6.07) is 27.3.